The molecule has 0 saturated carbocycles. The van der Waals surface area contributed by atoms with Crippen LogP contribution in [0.25, 0.3) is 0 Å². The molecule has 7 heteroatoms. The summed E-state index contributed by atoms with van der Waals surface area (Å²) in [5, 5.41) is 2.36. The number of carbonyl (C=O) groups is 2. The van der Waals surface area contributed by atoms with Gasteiger partial charge in [-0.1, -0.05) is 18.2 Å². The number of urea groups is 1. The van der Waals surface area contributed by atoms with Gasteiger partial charge in [-0.15, -0.1) is 0 Å². The van der Waals surface area contributed by atoms with Crippen molar-refractivity contribution < 1.29 is 22.8 Å². The van der Waals surface area contributed by atoms with Gasteiger partial charge in [0.1, 0.15) is 23.0 Å². The Morgan fingerprint density at radius 3 is 2.46 bits per heavy atom. The summed E-state index contributed by atoms with van der Waals surface area (Å²) in [6.07, 6.45) is 0. The highest BCUT2D eigenvalue weighted by Gasteiger charge is 2.50. The molecule has 24 heavy (non-hydrogen) atoms. The minimum Gasteiger partial charge on any atom is -0.319 e. The van der Waals surface area contributed by atoms with Crippen molar-refractivity contribution >= 4 is 11.9 Å². The number of nitrogens with zero attached hydrogens (tertiary/aromatic N) is 1. The molecular formula is C17H13F3N2O2. The fourth-order valence-corrected chi connectivity index (χ4v) is 2.70. The predicted octanol–water partition coefficient (Wildman–Crippen LogP) is 3.07. The maximum atomic E-state index is 14.0. The molecule has 1 aliphatic rings. The fraction of sp³-hybridized carbons (Fsp3) is 0.176. The second kappa shape index (κ2) is 5.67. The minimum absolute atomic E-state index is 0.143. The second-order valence-electron chi connectivity index (χ2n) is 5.66. The van der Waals surface area contributed by atoms with Crippen LogP contribution in [0, 0.1) is 17.5 Å². The van der Waals surface area contributed by atoms with Crippen LogP contribution in [-0.2, 0) is 16.9 Å². The van der Waals surface area contributed by atoms with Crippen LogP contribution in [0.2, 0.25) is 0 Å². The van der Waals surface area contributed by atoms with E-state index in [0.717, 1.165) is 23.1 Å². The van der Waals surface area contributed by atoms with E-state index in [9.17, 15) is 22.8 Å². The molecule has 1 fully saturated rings. The Labute approximate surface area is 135 Å². The highest BCUT2D eigenvalue weighted by atomic mass is 19.1. The van der Waals surface area contributed by atoms with Gasteiger partial charge >= 0.3 is 6.03 Å². The Balaban J connectivity index is 1.96. The first-order chi connectivity index (χ1) is 11.3. The molecule has 0 radical (unpaired) electrons. The zero-order chi connectivity index (χ0) is 17.5. The molecule has 3 amide bonds. The van der Waals surface area contributed by atoms with Crippen LogP contribution in [0.3, 0.4) is 0 Å². The molecule has 1 aliphatic heterocycles. The molecule has 0 spiro atoms. The number of carbonyl (C=O) groups excluding carboxylic acids is 2. The van der Waals surface area contributed by atoms with Crippen LogP contribution in [0.4, 0.5) is 18.0 Å². The van der Waals surface area contributed by atoms with Crippen LogP contribution >= 0.6 is 0 Å². The van der Waals surface area contributed by atoms with Crippen molar-refractivity contribution in [1.29, 1.82) is 0 Å². The lowest BCUT2D eigenvalue weighted by Gasteiger charge is -2.23. The molecule has 0 aliphatic carbocycles. The lowest BCUT2D eigenvalue weighted by Crippen LogP contribution is -2.41. The van der Waals surface area contributed by atoms with E-state index in [1.54, 1.807) is 6.07 Å². The van der Waals surface area contributed by atoms with Crippen LogP contribution < -0.4 is 5.32 Å². The maximum absolute atomic E-state index is 14.0. The van der Waals surface area contributed by atoms with Crippen molar-refractivity contribution in [3.63, 3.8) is 0 Å². The first-order valence-corrected chi connectivity index (χ1v) is 7.16. The van der Waals surface area contributed by atoms with Crippen molar-refractivity contribution in [2.45, 2.75) is 19.0 Å². The van der Waals surface area contributed by atoms with E-state index < -0.39 is 34.9 Å². The van der Waals surface area contributed by atoms with E-state index >= 15 is 0 Å². The highest BCUT2D eigenvalue weighted by molar-refractivity contribution is 6.07. The van der Waals surface area contributed by atoms with Gasteiger partial charge in [-0.05, 0) is 31.2 Å². The largest absolute Gasteiger partial charge is 0.325 e. The van der Waals surface area contributed by atoms with Gasteiger partial charge < -0.3 is 5.32 Å². The van der Waals surface area contributed by atoms with Gasteiger partial charge in [0.15, 0.2) is 0 Å². The van der Waals surface area contributed by atoms with Gasteiger partial charge in [-0.3, -0.25) is 9.69 Å². The van der Waals surface area contributed by atoms with Crippen molar-refractivity contribution in [3.05, 3.63) is 71.0 Å². The van der Waals surface area contributed by atoms with Gasteiger partial charge in [-0.2, -0.15) is 0 Å². The average molecular weight is 334 g/mol. The Bertz CT molecular complexity index is 840. The second-order valence-corrected chi connectivity index (χ2v) is 5.66. The van der Waals surface area contributed by atoms with Crippen molar-refractivity contribution in [1.82, 2.24) is 10.2 Å². The van der Waals surface area contributed by atoms with Crippen LogP contribution in [0.1, 0.15) is 18.1 Å². The third kappa shape index (κ3) is 2.51. The predicted molar refractivity (Wildman–Crippen MR) is 79.2 cm³/mol. The Kier molecular flexibility index (Phi) is 3.79. The summed E-state index contributed by atoms with van der Waals surface area (Å²) < 4.78 is 41.2. The molecule has 2 aromatic rings. The Hall–Kier alpha value is -2.83. The van der Waals surface area contributed by atoms with Crippen molar-refractivity contribution in [2.75, 3.05) is 0 Å². The standard InChI is InChI=1S/C17H13F3N2O2/c1-17(12-8-11(18)6-7-14(12)20)15(23)22(16(24)21-17)9-10-4-2-3-5-13(10)19/h2-8H,9H2,1H3,(H,21,24)/t17-/m1/s1. The Morgan fingerprint density at radius 1 is 1.04 bits per heavy atom. The van der Waals surface area contributed by atoms with Crippen molar-refractivity contribution in [2.24, 2.45) is 0 Å². The van der Waals surface area contributed by atoms with E-state index in [0.29, 0.717) is 0 Å². The summed E-state index contributed by atoms with van der Waals surface area (Å²) >= 11 is 0. The number of nitrogens with one attached hydrogen (secondary N) is 1. The van der Waals surface area contributed by atoms with Crippen molar-refractivity contribution in [3.8, 4) is 0 Å². The number of benzene rings is 2. The normalized spacial score (nSPS) is 20.4. The molecule has 0 bridgehead atoms. The van der Waals surface area contributed by atoms with Gasteiger partial charge in [0.05, 0.1) is 6.54 Å². The molecule has 4 nitrogen and oxygen atoms in total. The first-order valence-electron chi connectivity index (χ1n) is 7.16. The molecule has 124 valence electrons. The van der Waals surface area contributed by atoms with Gasteiger partial charge in [-0.25, -0.2) is 18.0 Å². The lowest BCUT2D eigenvalue weighted by atomic mass is 9.91. The molecule has 0 unspecified atom stereocenters. The molecule has 2 aromatic carbocycles. The Morgan fingerprint density at radius 2 is 1.75 bits per heavy atom. The van der Waals surface area contributed by atoms with E-state index in [1.165, 1.54) is 25.1 Å². The molecule has 3 rings (SSSR count). The molecular weight excluding hydrogens is 321 g/mol. The smallest absolute Gasteiger partial charge is 0.319 e. The van der Waals surface area contributed by atoms with E-state index in [-0.39, 0.29) is 17.7 Å². The molecule has 1 N–H and O–H groups in total. The summed E-state index contributed by atoms with van der Waals surface area (Å²) in [7, 11) is 0. The monoisotopic (exact) mass is 334 g/mol. The number of hydrogen-bond donors (Lipinski definition) is 1. The van der Waals surface area contributed by atoms with Gasteiger partial charge in [0.2, 0.25) is 0 Å². The minimum atomic E-state index is -1.76. The topological polar surface area (TPSA) is 49.4 Å². The maximum Gasteiger partial charge on any atom is 0.325 e. The third-order valence-corrected chi connectivity index (χ3v) is 4.03. The SMILES string of the molecule is C[C@]1(c2cc(F)ccc2F)NC(=O)N(Cc2ccccc2F)C1=O. The quantitative estimate of drug-likeness (QED) is 0.877. The summed E-state index contributed by atoms with van der Waals surface area (Å²) in [6.45, 7) is 0.982. The number of hydrogen-bond acceptors (Lipinski definition) is 2. The van der Waals surface area contributed by atoms with E-state index in [4.69, 9.17) is 0 Å². The summed E-state index contributed by atoms with van der Waals surface area (Å²) in [5.41, 5.74) is -1.89. The zero-order valence-electron chi connectivity index (χ0n) is 12.6. The van der Waals surface area contributed by atoms with Gasteiger partial charge in [0, 0.05) is 11.1 Å². The van der Waals surface area contributed by atoms with Crippen LogP contribution in [0.15, 0.2) is 42.5 Å². The molecule has 0 aromatic heterocycles. The summed E-state index contributed by atoms with van der Waals surface area (Å²) in [5.74, 6) is -2.90. The lowest BCUT2D eigenvalue weighted by molar-refractivity contribution is -0.131. The molecule has 1 saturated heterocycles. The number of imide groups is 1. The average Bonchev–Trinajstić information content (AvgIpc) is 2.76. The number of halogens is 3. The van der Waals surface area contributed by atoms with Gasteiger partial charge in [0.25, 0.3) is 5.91 Å². The van der Waals surface area contributed by atoms with Crippen LogP contribution in [0.5, 0.6) is 0 Å². The first kappa shape index (κ1) is 16.0. The number of amides is 3. The van der Waals surface area contributed by atoms with E-state index in [1.807, 2.05) is 0 Å². The third-order valence-electron chi connectivity index (χ3n) is 4.03. The number of rotatable bonds is 3. The summed E-state index contributed by atoms with van der Waals surface area (Å²) in [4.78, 5) is 25.6. The zero-order valence-corrected chi connectivity index (χ0v) is 12.6. The van der Waals surface area contributed by atoms with Crippen LogP contribution in [-0.4, -0.2) is 16.8 Å². The fourth-order valence-electron chi connectivity index (χ4n) is 2.70. The summed E-state index contributed by atoms with van der Waals surface area (Å²) in [6, 6.07) is 7.57. The highest BCUT2D eigenvalue weighted by Crippen LogP contribution is 2.32. The van der Waals surface area contributed by atoms with E-state index in [2.05, 4.69) is 5.32 Å². The molecule has 1 atom stereocenters. The molecule has 1 heterocycles.